The molecule has 0 fully saturated rings. The van der Waals surface area contributed by atoms with E-state index in [0.29, 0.717) is 5.82 Å². The minimum atomic E-state index is 0.236. The lowest BCUT2D eigenvalue weighted by molar-refractivity contribution is 0.748. The molecular formula is C13H16BrN5S. The normalized spacial score (nSPS) is 10.9. The lowest BCUT2D eigenvalue weighted by Crippen LogP contribution is -2.13. The standard InChI is InChI=1S/C13H16BrN5S/c1-7(2)11-17-12(19-15)8(3)13(18-11)20-10-5-4-9(14)6-16-10/h4-7H,15H2,1-3H3,(H,17,18,19). The van der Waals surface area contributed by atoms with Crippen LogP contribution in [0.15, 0.2) is 32.9 Å². The molecule has 2 aromatic rings. The van der Waals surface area contributed by atoms with Crippen LogP contribution in [0.3, 0.4) is 0 Å². The molecule has 0 aliphatic rings. The summed E-state index contributed by atoms with van der Waals surface area (Å²) in [4.78, 5) is 13.4. The number of halogens is 1. The summed E-state index contributed by atoms with van der Waals surface area (Å²) in [6, 6.07) is 3.90. The van der Waals surface area contributed by atoms with Crippen LogP contribution < -0.4 is 11.3 Å². The van der Waals surface area contributed by atoms with Crippen molar-refractivity contribution in [2.75, 3.05) is 5.43 Å². The van der Waals surface area contributed by atoms with E-state index in [1.807, 2.05) is 19.1 Å². The van der Waals surface area contributed by atoms with Gasteiger partial charge in [0, 0.05) is 22.2 Å². The number of aromatic nitrogens is 3. The zero-order chi connectivity index (χ0) is 14.7. The largest absolute Gasteiger partial charge is 0.308 e. The molecule has 5 nitrogen and oxygen atoms in total. The van der Waals surface area contributed by atoms with Crippen LogP contribution in [0.5, 0.6) is 0 Å². The Morgan fingerprint density at radius 1 is 1.30 bits per heavy atom. The number of nitrogen functional groups attached to an aromatic ring is 1. The van der Waals surface area contributed by atoms with Crippen molar-refractivity contribution in [3.8, 4) is 0 Å². The number of pyridine rings is 1. The molecule has 7 heteroatoms. The van der Waals surface area contributed by atoms with Gasteiger partial charge in [-0.05, 0) is 46.7 Å². The molecule has 0 radical (unpaired) electrons. The van der Waals surface area contributed by atoms with Crippen LogP contribution in [0.4, 0.5) is 5.82 Å². The first-order valence-corrected chi connectivity index (χ1v) is 7.76. The highest BCUT2D eigenvalue weighted by molar-refractivity contribution is 9.10. The second-order valence-corrected chi connectivity index (χ2v) is 6.50. The van der Waals surface area contributed by atoms with Gasteiger partial charge in [0.2, 0.25) is 0 Å². The van der Waals surface area contributed by atoms with Crippen molar-refractivity contribution in [2.24, 2.45) is 5.84 Å². The van der Waals surface area contributed by atoms with Gasteiger partial charge in [0.15, 0.2) is 0 Å². The number of rotatable bonds is 4. The van der Waals surface area contributed by atoms with Gasteiger partial charge in [0.05, 0.1) is 0 Å². The summed E-state index contributed by atoms with van der Waals surface area (Å²) < 4.78 is 0.952. The van der Waals surface area contributed by atoms with Gasteiger partial charge in [-0.3, -0.25) is 0 Å². The van der Waals surface area contributed by atoms with Crippen molar-refractivity contribution in [2.45, 2.75) is 36.7 Å². The van der Waals surface area contributed by atoms with Crippen molar-refractivity contribution in [3.63, 3.8) is 0 Å². The molecule has 0 saturated carbocycles. The Bertz CT molecular complexity index is 600. The van der Waals surface area contributed by atoms with Crippen LogP contribution in [-0.4, -0.2) is 15.0 Å². The van der Waals surface area contributed by atoms with Crippen LogP contribution in [0.2, 0.25) is 0 Å². The van der Waals surface area contributed by atoms with Crippen LogP contribution >= 0.6 is 27.7 Å². The maximum atomic E-state index is 5.53. The van der Waals surface area contributed by atoms with Crippen molar-refractivity contribution < 1.29 is 0 Å². The summed E-state index contributed by atoms with van der Waals surface area (Å²) in [6.07, 6.45) is 1.77. The SMILES string of the molecule is Cc1c(NN)nc(C(C)C)nc1Sc1ccc(Br)cn1. The highest BCUT2D eigenvalue weighted by Gasteiger charge is 2.14. The van der Waals surface area contributed by atoms with Crippen LogP contribution in [0.1, 0.15) is 31.2 Å². The molecule has 106 valence electrons. The second-order valence-electron chi connectivity index (χ2n) is 4.58. The first kappa shape index (κ1) is 15.2. The molecule has 0 amide bonds. The van der Waals surface area contributed by atoms with Crippen molar-refractivity contribution in [3.05, 3.63) is 34.2 Å². The molecule has 2 heterocycles. The van der Waals surface area contributed by atoms with E-state index >= 15 is 0 Å². The Morgan fingerprint density at radius 2 is 2.05 bits per heavy atom. The lowest BCUT2D eigenvalue weighted by atomic mass is 10.2. The van der Waals surface area contributed by atoms with Crippen molar-refractivity contribution >= 4 is 33.5 Å². The Morgan fingerprint density at radius 3 is 2.60 bits per heavy atom. The molecule has 20 heavy (non-hydrogen) atoms. The molecule has 0 aliphatic heterocycles. The third kappa shape index (κ3) is 3.47. The zero-order valence-corrected chi connectivity index (χ0v) is 13.9. The highest BCUT2D eigenvalue weighted by atomic mass is 79.9. The summed E-state index contributed by atoms with van der Waals surface area (Å²) >= 11 is 4.88. The predicted octanol–water partition coefficient (Wildman–Crippen LogP) is 3.50. The maximum Gasteiger partial charge on any atom is 0.147 e. The Hall–Kier alpha value is -1.18. The van der Waals surface area contributed by atoms with Gasteiger partial charge in [-0.15, -0.1) is 0 Å². The Labute approximate surface area is 130 Å². The summed E-state index contributed by atoms with van der Waals surface area (Å²) in [5, 5.41) is 1.75. The van der Waals surface area contributed by atoms with Gasteiger partial charge in [0.25, 0.3) is 0 Å². The number of anilines is 1. The number of nitrogens with zero attached hydrogens (tertiary/aromatic N) is 3. The minimum absolute atomic E-state index is 0.236. The van der Waals surface area contributed by atoms with E-state index in [4.69, 9.17) is 5.84 Å². The van der Waals surface area contributed by atoms with E-state index < -0.39 is 0 Å². The molecule has 0 atom stereocenters. The first-order chi connectivity index (χ1) is 9.51. The van der Waals surface area contributed by atoms with E-state index in [0.717, 1.165) is 25.9 Å². The second kappa shape index (κ2) is 6.51. The third-order valence-electron chi connectivity index (χ3n) is 2.67. The molecule has 0 unspecified atom stereocenters. The molecule has 0 aliphatic carbocycles. The number of nitrogens with one attached hydrogen (secondary N) is 1. The third-order valence-corrected chi connectivity index (χ3v) is 4.18. The Balaban J connectivity index is 2.39. The van der Waals surface area contributed by atoms with Gasteiger partial charge in [0.1, 0.15) is 21.7 Å². The molecule has 2 aromatic heterocycles. The van der Waals surface area contributed by atoms with Crippen LogP contribution in [0, 0.1) is 6.92 Å². The monoisotopic (exact) mass is 353 g/mol. The predicted molar refractivity (Wildman–Crippen MR) is 84.7 cm³/mol. The smallest absolute Gasteiger partial charge is 0.147 e. The number of hydrogen-bond donors (Lipinski definition) is 2. The summed E-state index contributed by atoms with van der Waals surface area (Å²) in [5.74, 6) is 7.19. The lowest BCUT2D eigenvalue weighted by Gasteiger charge is -2.13. The molecular weight excluding hydrogens is 338 g/mol. The van der Waals surface area contributed by atoms with Gasteiger partial charge in [-0.25, -0.2) is 20.8 Å². The van der Waals surface area contributed by atoms with E-state index in [9.17, 15) is 0 Å². The zero-order valence-electron chi connectivity index (χ0n) is 11.5. The topological polar surface area (TPSA) is 76.7 Å². The fourth-order valence-corrected chi connectivity index (χ4v) is 2.60. The quantitative estimate of drug-likeness (QED) is 0.497. The highest BCUT2D eigenvalue weighted by Crippen LogP contribution is 2.31. The molecule has 2 rings (SSSR count). The molecule has 3 N–H and O–H groups in total. The van der Waals surface area contributed by atoms with E-state index in [1.54, 1.807) is 6.20 Å². The fraction of sp³-hybridized carbons (Fsp3) is 0.308. The Kier molecular flexibility index (Phi) is 4.95. The molecule has 0 saturated heterocycles. The number of hydrogen-bond acceptors (Lipinski definition) is 6. The first-order valence-electron chi connectivity index (χ1n) is 6.15. The van der Waals surface area contributed by atoms with Gasteiger partial charge < -0.3 is 5.43 Å². The molecule has 0 bridgehead atoms. The molecule has 0 spiro atoms. The fourth-order valence-electron chi connectivity index (χ4n) is 1.53. The van der Waals surface area contributed by atoms with Gasteiger partial charge >= 0.3 is 0 Å². The average Bonchev–Trinajstić information content (AvgIpc) is 2.43. The van der Waals surface area contributed by atoms with E-state index in [2.05, 4.69) is 50.2 Å². The van der Waals surface area contributed by atoms with E-state index in [1.165, 1.54) is 11.8 Å². The van der Waals surface area contributed by atoms with Crippen LogP contribution in [0.25, 0.3) is 0 Å². The minimum Gasteiger partial charge on any atom is -0.308 e. The van der Waals surface area contributed by atoms with Crippen molar-refractivity contribution in [1.82, 2.24) is 15.0 Å². The van der Waals surface area contributed by atoms with Crippen LogP contribution in [-0.2, 0) is 0 Å². The van der Waals surface area contributed by atoms with Crippen molar-refractivity contribution in [1.29, 1.82) is 0 Å². The summed E-state index contributed by atoms with van der Waals surface area (Å²) in [5.41, 5.74) is 3.56. The molecule has 0 aromatic carbocycles. The van der Waals surface area contributed by atoms with Gasteiger partial charge in [-0.1, -0.05) is 13.8 Å². The summed E-state index contributed by atoms with van der Waals surface area (Å²) in [7, 11) is 0. The average molecular weight is 354 g/mol. The number of nitrogens with two attached hydrogens (primary N) is 1. The number of hydrazine groups is 1. The summed E-state index contributed by atoms with van der Waals surface area (Å²) in [6.45, 7) is 6.05. The maximum absolute atomic E-state index is 5.53. The van der Waals surface area contributed by atoms with E-state index in [-0.39, 0.29) is 5.92 Å². The van der Waals surface area contributed by atoms with Gasteiger partial charge in [-0.2, -0.15) is 0 Å².